The number of nitrogens with zero attached hydrogens (tertiary/aromatic N) is 3. The molecule has 8 nitrogen and oxygen atoms in total. The number of hydrogen-bond acceptors (Lipinski definition) is 6. The van der Waals surface area contributed by atoms with Gasteiger partial charge in [0, 0.05) is 18.8 Å². The summed E-state index contributed by atoms with van der Waals surface area (Å²) in [5, 5.41) is 9.86. The van der Waals surface area contributed by atoms with Crippen LogP contribution in [0.5, 0.6) is 0 Å². The van der Waals surface area contributed by atoms with Crippen molar-refractivity contribution in [2.24, 2.45) is 0 Å². The van der Waals surface area contributed by atoms with E-state index in [0.29, 0.717) is 42.1 Å². The van der Waals surface area contributed by atoms with E-state index in [0.717, 1.165) is 18.8 Å². The zero-order valence-electron chi connectivity index (χ0n) is 14.8. The third-order valence-corrected chi connectivity index (χ3v) is 4.46. The molecule has 1 atom stereocenters. The summed E-state index contributed by atoms with van der Waals surface area (Å²) in [6.45, 7) is 6.65. The van der Waals surface area contributed by atoms with E-state index in [9.17, 15) is 4.79 Å². The minimum Gasteiger partial charge on any atom is -0.378 e. The van der Waals surface area contributed by atoms with Crippen molar-refractivity contribution >= 4 is 29.0 Å². The Kier molecular flexibility index (Phi) is 5.95. The Morgan fingerprint density at radius 3 is 2.81 bits per heavy atom. The first-order chi connectivity index (χ1) is 12.6. The predicted octanol–water partition coefficient (Wildman–Crippen LogP) is 3.14. The molecule has 1 saturated heterocycles. The smallest absolute Gasteiger partial charge is 0.319 e. The van der Waals surface area contributed by atoms with Gasteiger partial charge in [-0.2, -0.15) is 4.98 Å². The first kappa shape index (κ1) is 18.5. The van der Waals surface area contributed by atoms with Gasteiger partial charge in [-0.1, -0.05) is 23.7 Å². The number of rotatable bonds is 5. The monoisotopic (exact) mass is 379 g/mol. The van der Waals surface area contributed by atoms with Gasteiger partial charge in [0.05, 0.1) is 23.9 Å². The van der Waals surface area contributed by atoms with Crippen LogP contribution < -0.4 is 15.5 Å². The molecule has 0 saturated carbocycles. The zero-order valence-corrected chi connectivity index (χ0v) is 15.5. The number of urea groups is 1. The Balaban J connectivity index is 1.68. The van der Waals surface area contributed by atoms with Crippen LogP contribution in [0.3, 0.4) is 0 Å². The number of amides is 2. The molecule has 0 aliphatic carbocycles. The molecule has 1 fully saturated rings. The summed E-state index contributed by atoms with van der Waals surface area (Å²) in [5.41, 5.74) is 1.54. The van der Waals surface area contributed by atoms with Gasteiger partial charge in [-0.25, -0.2) is 4.79 Å². The van der Waals surface area contributed by atoms with Gasteiger partial charge in [-0.05, 0) is 31.5 Å². The highest BCUT2D eigenvalue weighted by Gasteiger charge is 2.20. The van der Waals surface area contributed by atoms with E-state index < -0.39 is 0 Å². The molecule has 26 heavy (non-hydrogen) atoms. The van der Waals surface area contributed by atoms with Crippen LogP contribution in [0.1, 0.15) is 31.1 Å². The first-order valence-electron chi connectivity index (χ1n) is 8.56. The van der Waals surface area contributed by atoms with Crippen molar-refractivity contribution in [1.82, 2.24) is 15.5 Å². The van der Waals surface area contributed by atoms with E-state index in [1.165, 1.54) is 0 Å². The van der Waals surface area contributed by atoms with E-state index in [4.69, 9.17) is 20.9 Å². The topological polar surface area (TPSA) is 92.5 Å². The first-order valence-corrected chi connectivity index (χ1v) is 8.94. The number of anilines is 2. The largest absolute Gasteiger partial charge is 0.378 e. The molecule has 1 aromatic heterocycles. The van der Waals surface area contributed by atoms with Crippen LogP contribution in [0.2, 0.25) is 5.02 Å². The van der Waals surface area contributed by atoms with E-state index in [2.05, 4.69) is 25.7 Å². The molecular weight excluding hydrogens is 358 g/mol. The molecule has 2 aromatic rings. The number of hydrogen-bond donors (Lipinski definition) is 2. The molecule has 2 amide bonds. The Morgan fingerprint density at radius 1 is 1.38 bits per heavy atom. The van der Waals surface area contributed by atoms with E-state index >= 15 is 0 Å². The summed E-state index contributed by atoms with van der Waals surface area (Å²) in [6.07, 6.45) is 0.622. The summed E-state index contributed by atoms with van der Waals surface area (Å²) in [6, 6.07) is 4.84. The van der Waals surface area contributed by atoms with Crippen LogP contribution >= 0.6 is 11.6 Å². The molecule has 0 radical (unpaired) electrons. The van der Waals surface area contributed by atoms with Crippen molar-refractivity contribution < 1.29 is 14.1 Å². The number of benzene rings is 1. The van der Waals surface area contributed by atoms with Gasteiger partial charge in [-0.3, -0.25) is 0 Å². The highest BCUT2D eigenvalue weighted by atomic mass is 35.5. The molecule has 1 aliphatic heterocycles. The lowest BCUT2D eigenvalue weighted by molar-refractivity contribution is 0.122. The lowest BCUT2D eigenvalue weighted by atomic mass is 10.2. The molecule has 0 spiro atoms. The number of morpholine rings is 1. The summed E-state index contributed by atoms with van der Waals surface area (Å²) in [7, 11) is 0. The van der Waals surface area contributed by atoms with Gasteiger partial charge in [0.2, 0.25) is 5.89 Å². The molecule has 2 N–H and O–H groups in total. The van der Waals surface area contributed by atoms with Crippen molar-refractivity contribution in [1.29, 1.82) is 0 Å². The maximum absolute atomic E-state index is 12.4. The quantitative estimate of drug-likeness (QED) is 0.829. The van der Waals surface area contributed by atoms with Crippen LogP contribution in [-0.2, 0) is 4.74 Å². The fourth-order valence-electron chi connectivity index (χ4n) is 2.74. The lowest BCUT2D eigenvalue weighted by Crippen LogP contribution is -2.36. The highest BCUT2D eigenvalue weighted by molar-refractivity contribution is 6.33. The molecule has 3 rings (SSSR count). The van der Waals surface area contributed by atoms with Gasteiger partial charge in [0.1, 0.15) is 6.04 Å². The average molecular weight is 380 g/mol. The molecule has 140 valence electrons. The van der Waals surface area contributed by atoms with E-state index in [1.54, 1.807) is 13.0 Å². The number of aromatic nitrogens is 2. The van der Waals surface area contributed by atoms with Gasteiger partial charge in [0.25, 0.3) is 0 Å². The summed E-state index contributed by atoms with van der Waals surface area (Å²) < 4.78 is 10.5. The summed E-state index contributed by atoms with van der Waals surface area (Å²) in [4.78, 5) is 18.8. The summed E-state index contributed by atoms with van der Waals surface area (Å²) in [5.74, 6) is 0.912. The number of nitrogens with one attached hydrogen (secondary N) is 2. The van der Waals surface area contributed by atoms with Crippen LogP contribution in [0.25, 0.3) is 0 Å². The van der Waals surface area contributed by atoms with Crippen LogP contribution in [0.15, 0.2) is 22.7 Å². The molecular formula is C17H22ClN5O3. The molecule has 2 heterocycles. The van der Waals surface area contributed by atoms with Gasteiger partial charge in [-0.15, -0.1) is 0 Å². The van der Waals surface area contributed by atoms with Crippen molar-refractivity contribution in [2.45, 2.75) is 26.3 Å². The Labute approximate surface area is 156 Å². The van der Waals surface area contributed by atoms with Gasteiger partial charge < -0.3 is 24.8 Å². The number of aryl methyl sites for hydroxylation is 1. The molecule has 0 bridgehead atoms. The van der Waals surface area contributed by atoms with Crippen LogP contribution in [0, 0.1) is 6.92 Å². The molecule has 0 unspecified atom stereocenters. The number of carbonyl (C=O) groups is 1. The van der Waals surface area contributed by atoms with Gasteiger partial charge in [0.15, 0.2) is 5.82 Å². The lowest BCUT2D eigenvalue weighted by Gasteiger charge is -2.29. The third-order valence-electron chi connectivity index (χ3n) is 4.13. The number of carbonyl (C=O) groups excluding carboxylic acids is 1. The number of ether oxygens (including phenoxy) is 1. The molecule has 9 heteroatoms. The van der Waals surface area contributed by atoms with Crippen molar-refractivity contribution in [3.63, 3.8) is 0 Å². The predicted molar refractivity (Wildman–Crippen MR) is 98.7 cm³/mol. The molecule has 1 aromatic carbocycles. The Morgan fingerprint density at radius 2 is 2.15 bits per heavy atom. The van der Waals surface area contributed by atoms with Crippen LogP contribution in [-0.4, -0.2) is 42.5 Å². The van der Waals surface area contributed by atoms with Crippen molar-refractivity contribution in [3.05, 3.63) is 34.9 Å². The average Bonchev–Trinajstić information content (AvgIpc) is 3.08. The maximum atomic E-state index is 12.4. The highest BCUT2D eigenvalue weighted by Crippen LogP contribution is 2.28. The summed E-state index contributed by atoms with van der Waals surface area (Å²) >= 11 is 6.24. The standard InChI is InChI=1S/C17H22ClN5O3/c1-3-14(16-19-11(2)22-26-16)20-17(24)21-15-10-12(4-5-13(15)18)23-6-8-25-9-7-23/h4-5,10,14H,3,6-9H2,1-2H3,(H2,20,21,24)/t14-/m1/s1. The minimum atomic E-state index is -0.381. The molecule has 1 aliphatic rings. The second-order valence-electron chi connectivity index (χ2n) is 6.00. The maximum Gasteiger partial charge on any atom is 0.319 e. The second-order valence-corrected chi connectivity index (χ2v) is 6.41. The number of halogens is 1. The minimum absolute atomic E-state index is 0.364. The van der Waals surface area contributed by atoms with Gasteiger partial charge >= 0.3 is 6.03 Å². The SMILES string of the molecule is CC[C@@H](NC(=O)Nc1cc(N2CCOCC2)ccc1Cl)c1nc(C)no1. The zero-order chi connectivity index (χ0) is 18.5. The van der Waals surface area contributed by atoms with Crippen molar-refractivity contribution in [2.75, 3.05) is 36.5 Å². The Bertz CT molecular complexity index is 761. The fourth-order valence-corrected chi connectivity index (χ4v) is 2.90. The Hall–Kier alpha value is -2.32. The van der Waals surface area contributed by atoms with E-state index in [1.807, 2.05) is 19.1 Å². The van der Waals surface area contributed by atoms with Crippen molar-refractivity contribution in [3.8, 4) is 0 Å². The van der Waals surface area contributed by atoms with E-state index in [-0.39, 0.29) is 12.1 Å². The normalized spacial score (nSPS) is 15.6. The van der Waals surface area contributed by atoms with Crippen LogP contribution in [0.4, 0.5) is 16.2 Å². The second kappa shape index (κ2) is 8.37. The fraction of sp³-hybridized carbons (Fsp3) is 0.471. The third kappa shape index (κ3) is 4.44.